The molecule has 0 unspecified atom stereocenters. The molecule has 0 amide bonds. The van der Waals surface area contributed by atoms with E-state index in [9.17, 15) is 0 Å². The van der Waals surface area contributed by atoms with Gasteiger partial charge in [-0.15, -0.1) is 0 Å². The van der Waals surface area contributed by atoms with E-state index in [-0.39, 0.29) is 0 Å². The highest BCUT2D eigenvalue weighted by Gasteiger charge is 1.98. The molecule has 3 aromatic rings. The molecule has 0 saturated carbocycles. The van der Waals surface area contributed by atoms with Crippen molar-refractivity contribution >= 4 is 34.0 Å². The molecule has 0 aliphatic heterocycles. The van der Waals surface area contributed by atoms with E-state index in [1.54, 1.807) is 18.2 Å². The van der Waals surface area contributed by atoms with Crippen LogP contribution in [0, 0.1) is 11.8 Å². The van der Waals surface area contributed by atoms with Gasteiger partial charge in [-0.2, -0.15) is 0 Å². The molecule has 0 atom stereocenters. The maximum atomic E-state index is 6.10. The Labute approximate surface area is 128 Å². The van der Waals surface area contributed by atoms with Gasteiger partial charge in [-0.3, -0.25) is 0 Å². The van der Waals surface area contributed by atoms with Gasteiger partial charge in [-0.25, -0.2) is 0 Å². The average molecular weight is 297 g/mol. The molecular weight excluding hydrogens is 287 g/mol. The normalized spacial score (nSPS) is 10.1. The Morgan fingerprint density at radius 1 is 0.700 bits per heavy atom. The number of hydrogen-bond acceptors (Lipinski definition) is 0. The summed E-state index contributed by atoms with van der Waals surface area (Å²) in [5.74, 6) is 6.20. The monoisotopic (exact) mass is 296 g/mol. The molecule has 96 valence electrons. The third-order valence-corrected chi connectivity index (χ3v) is 3.58. The first-order valence-electron chi connectivity index (χ1n) is 6.18. The SMILES string of the molecule is Clc1ccc(Cl)c(C#Cc2ccc3ccccc3c2)c1. The zero-order valence-electron chi connectivity index (χ0n) is 10.5. The van der Waals surface area contributed by atoms with E-state index >= 15 is 0 Å². The second-order valence-corrected chi connectivity index (χ2v) is 5.28. The van der Waals surface area contributed by atoms with E-state index in [0.717, 1.165) is 11.1 Å². The highest BCUT2D eigenvalue weighted by molar-refractivity contribution is 6.33. The smallest absolute Gasteiger partial charge is 0.0563 e. The molecule has 0 saturated heterocycles. The van der Waals surface area contributed by atoms with Crippen molar-refractivity contribution in [1.29, 1.82) is 0 Å². The van der Waals surface area contributed by atoms with Crippen LogP contribution in [0.4, 0.5) is 0 Å². The molecule has 0 radical (unpaired) electrons. The average Bonchev–Trinajstić information content (AvgIpc) is 2.48. The van der Waals surface area contributed by atoms with Crippen LogP contribution >= 0.6 is 23.2 Å². The topological polar surface area (TPSA) is 0 Å². The van der Waals surface area contributed by atoms with E-state index < -0.39 is 0 Å². The van der Waals surface area contributed by atoms with Crippen molar-refractivity contribution in [2.45, 2.75) is 0 Å². The van der Waals surface area contributed by atoms with Crippen molar-refractivity contribution in [1.82, 2.24) is 0 Å². The summed E-state index contributed by atoms with van der Waals surface area (Å²) < 4.78 is 0. The number of rotatable bonds is 0. The fourth-order valence-corrected chi connectivity index (χ4v) is 2.34. The molecule has 20 heavy (non-hydrogen) atoms. The van der Waals surface area contributed by atoms with Crippen LogP contribution in [0.25, 0.3) is 10.8 Å². The Balaban J connectivity index is 2.01. The summed E-state index contributed by atoms with van der Waals surface area (Å²) >= 11 is 12.0. The molecule has 0 aliphatic carbocycles. The van der Waals surface area contributed by atoms with E-state index in [0.29, 0.717) is 10.0 Å². The molecule has 0 N–H and O–H groups in total. The molecule has 0 aromatic heterocycles. The van der Waals surface area contributed by atoms with Crippen LogP contribution in [0.15, 0.2) is 60.7 Å². The van der Waals surface area contributed by atoms with Gasteiger partial charge >= 0.3 is 0 Å². The first kappa shape index (κ1) is 13.1. The summed E-state index contributed by atoms with van der Waals surface area (Å²) in [4.78, 5) is 0. The largest absolute Gasteiger partial charge is 0.0843 e. The van der Waals surface area contributed by atoms with Crippen LogP contribution in [0.5, 0.6) is 0 Å². The molecule has 0 spiro atoms. The predicted molar refractivity (Wildman–Crippen MR) is 86.4 cm³/mol. The third-order valence-electron chi connectivity index (χ3n) is 3.02. The molecule has 0 nitrogen and oxygen atoms in total. The Kier molecular flexibility index (Phi) is 3.65. The van der Waals surface area contributed by atoms with E-state index in [1.807, 2.05) is 18.2 Å². The van der Waals surface area contributed by atoms with E-state index in [2.05, 4.69) is 36.1 Å². The quantitative estimate of drug-likeness (QED) is 0.477. The highest BCUT2D eigenvalue weighted by atomic mass is 35.5. The minimum atomic E-state index is 0.614. The van der Waals surface area contributed by atoms with Gasteiger partial charge in [0.15, 0.2) is 0 Å². The van der Waals surface area contributed by atoms with Gasteiger partial charge in [0.25, 0.3) is 0 Å². The van der Waals surface area contributed by atoms with Gasteiger partial charge in [-0.05, 0) is 41.1 Å². The number of halogens is 2. The van der Waals surface area contributed by atoms with Gasteiger partial charge in [0.1, 0.15) is 0 Å². The first-order valence-corrected chi connectivity index (χ1v) is 6.94. The minimum Gasteiger partial charge on any atom is -0.0843 e. The van der Waals surface area contributed by atoms with Crippen molar-refractivity contribution in [3.8, 4) is 11.8 Å². The molecule has 2 heteroatoms. The molecule has 3 aromatic carbocycles. The fourth-order valence-electron chi connectivity index (χ4n) is 2.00. The third kappa shape index (κ3) is 2.80. The number of benzene rings is 3. The van der Waals surface area contributed by atoms with Crippen LogP contribution in [0.2, 0.25) is 10.0 Å². The fraction of sp³-hybridized carbons (Fsp3) is 0. The van der Waals surface area contributed by atoms with Crippen LogP contribution in [-0.4, -0.2) is 0 Å². The summed E-state index contributed by atoms with van der Waals surface area (Å²) in [6, 6.07) is 19.6. The van der Waals surface area contributed by atoms with E-state index in [1.165, 1.54) is 10.8 Å². The molecule has 0 aliphatic rings. The van der Waals surface area contributed by atoms with Crippen molar-refractivity contribution in [2.24, 2.45) is 0 Å². The van der Waals surface area contributed by atoms with E-state index in [4.69, 9.17) is 23.2 Å². The van der Waals surface area contributed by atoms with Crippen LogP contribution in [0.1, 0.15) is 11.1 Å². The van der Waals surface area contributed by atoms with Gasteiger partial charge in [-0.1, -0.05) is 65.4 Å². The van der Waals surface area contributed by atoms with Gasteiger partial charge < -0.3 is 0 Å². The lowest BCUT2D eigenvalue weighted by molar-refractivity contribution is 1.63. The second-order valence-electron chi connectivity index (χ2n) is 4.44. The van der Waals surface area contributed by atoms with Gasteiger partial charge in [0.05, 0.1) is 5.02 Å². The lowest BCUT2D eigenvalue weighted by Gasteiger charge is -1.98. The van der Waals surface area contributed by atoms with Crippen LogP contribution in [-0.2, 0) is 0 Å². The number of hydrogen-bond donors (Lipinski definition) is 0. The van der Waals surface area contributed by atoms with Crippen molar-refractivity contribution in [3.63, 3.8) is 0 Å². The second kappa shape index (κ2) is 5.59. The Hall–Kier alpha value is -1.94. The minimum absolute atomic E-state index is 0.614. The zero-order chi connectivity index (χ0) is 13.9. The molecule has 0 bridgehead atoms. The summed E-state index contributed by atoms with van der Waals surface area (Å²) in [6.07, 6.45) is 0. The first-order chi connectivity index (χ1) is 9.72. The Bertz CT molecular complexity index is 839. The molecular formula is C18H10Cl2. The molecule has 3 rings (SSSR count). The number of fused-ring (bicyclic) bond motifs is 1. The predicted octanol–water partition coefficient (Wildman–Crippen LogP) is 5.55. The lowest BCUT2D eigenvalue weighted by atomic mass is 10.1. The maximum absolute atomic E-state index is 6.10. The Morgan fingerprint density at radius 3 is 2.35 bits per heavy atom. The summed E-state index contributed by atoms with van der Waals surface area (Å²) in [6.45, 7) is 0. The summed E-state index contributed by atoms with van der Waals surface area (Å²) in [5.41, 5.74) is 1.70. The van der Waals surface area contributed by atoms with Gasteiger partial charge in [0.2, 0.25) is 0 Å². The molecule has 0 heterocycles. The van der Waals surface area contributed by atoms with Gasteiger partial charge in [0, 0.05) is 16.1 Å². The lowest BCUT2D eigenvalue weighted by Crippen LogP contribution is -1.79. The summed E-state index contributed by atoms with van der Waals surface area (Å²) in [7, 11) is 0. The molecule has 0 fully saturated rings. The Morgan fingerprint density at radius 2 is 1.50 bits per heavy atom. The van der Waals surface area contributed by atoms with Crippen molar-refractivity contribution in [2.75, 3.05) is 0 Å². The summed E-state index contributed by atoms with van der Waals surface area (Å²) in [5, 5.41) is 3.63. The highest BCUT2D eigenvalue weighted by Crippen LogP contribution is 2.20. The van der Waals surface area contributed by atoms with Crippen molar-refractivity contribution in [3.05, 3.63) is 81.8 Å². The van der Waals surface area contributed by atoms with Crippen molar-refractivity contribution < 1.29 is 0 Å². The zero-order valence-corrected chi connectivity index (χ0v) is 12.0. The maximum Gasteiger partial charge on any atom is 0.0563 e. The van der Waals surface area contributed by atoms with Crippen LogP contribution in [0.3, 0.4) is 0 Å². The standard InChI is InChI=1S/C18H10Cl2/c19-17-9-10-18(20)16(12-17)8-6-13-5-7-14-3-1-2-4-15(14)11-13/h1-5,7,9-12H. The van der Waals surface area contributed by atoms with Crippen LogP contribution < -0.4 is 0 Å².